The number of aliphatic hydroxyl groups is 1. The molecule has 72 valence electrons. The van der Waals surface area contributed by atoms with Crippen molar-refractivity contribution in [2.24, 2.45) is 0 Å². The summed E-state index contributed by atoms with van der Waals surface area (Å²) in [6.07, 6.45) is 0. The first-order valence-electron chi connectivity index (χ1n) is 4.11. The van der Waals surface area contributed by atoms with Gasteiger partial charge >= 0.3 is 0 Å². The molecule has 0 unspecified atom stereocenters. The number of nitrogens with one attached hydrogen (secondary N) is 1. The molecule has 1 amide bonds. The molecule has 4 heteroatoms. The number of aryl methyl sites for hydroxylation is 1. The van der Waals surface area contributed by atoms with Gasteiger partial charge in [0.05, 0.1) is 11.5 Å². The molecule has 2 N–H and O–H groups in total. The summed E-state index contributed by atoms with van der Waals surface area (Å²) < 4.78 is 0. The average Bonchev–Trinajstić information content (AvgIpc) is 2.51. The van der Waals surface area contributed by atoms with Gasteiger partial charge in [0.1, 0.15) is 0 Å². The van der Waals surface area contributed by atoms with Crippen LogP contribution in [0.5, 0.6) is 0 Å². The zero-order valence-corrected chi connectivity index (χ0v) is 8.52. The molecule has 1 aromatic heterocycles. The van der Waals surface area contributed by atoms with Crippen LogP contribution in [0.1, 0.15) is 21.5 Å². The van der Waals surface area contributed by atoms with Crippen molar-refractivity contribution in [1.29, 1.82) is 0 Å². The van der Waals surface area contributed by atoms with E-state index in [0.29, 0.717) is 4.88 Å². The highest BCUT2D eigenvalue weighted by molar-refractivity contribution is 7.13. The molecule has 13 heavy (non-hydrogen) atoms. The van der Waals surface area contributed by atoms with Crippen LogP contribution in [-0.2, 0) is 0 Å². The first-order valence-corrected chi connectivity index (χ1v) is 4.93. The fraction of sp³-hybridized carbons (Fsp3) is 0.444. The van der Waals surface area contributed by atoms with Crippen LogP contribution in [-0.4, -0.2) is 23.7 Å². The van der Waals surface area contributed by atoms with Crippen LogP contribution in [0.2, 0.25) is 0 Å². The fourth-order valence-electron chi connectivity index (χ4n) is 0.897. The van der Waals surface area contributed by atoms with Gasteiger partial charge in [-0.05, 0) is 26.0 Å². The molecule has 0 spiro atoms. The van der Waals surface area contributed by atoms with Gasteiger partial charge in [-0.25, -0.2) is 0 Å². The predicted octanol–water partition coefficient (Wildman–Crippen LogP) is 1.17. The van der Waals surface area contributed by atoms with E-state index in [9.17, 15) is 4.79 Å². The molecule has 3 nitrogen and oxygen atoms in total. The highest BCUT2D eigenvalue weighted by Crippen LogP contribution is 2.14. The Labute approximate surface area is 81.4 Å². The lowest BCUT2D eigenvalue weighted by atomic mass is 10.3. The number of thiophene rings is 1. The maximum Gasteiger partial charge on any atom is 0.261 e. The Bertz CT molecular complexity index is 296. The Kier molecular flexibility index (Phi) is 3.45. The van der Waals surface area contributed by atoms with Gasteiger partial charge in [0.2, 0.25) is 0 Å². The van der Waals surface area contributed by atoms with Crippen molar-refractivity contribution in [2.45, 2.75) is 19.9 Å². The van der Waals surface area contributed by atoms with Crippen LogP contribution in [0.4, 0.5) is 0 Å². The quantitative estimate of drug-likeness (QED) is 0.767. The smallest absolute Gasteiger partial charge is 0.261 e. The summed E-state index contributed by atoms with van der Waals surface area (Å²) in [5.74, 6) is -0.111. The van der Waals surface area contributed by atoms with Crippen molar-refractivity contribution < 1.29 is 9.90 Å². The normalized spacial score (nSPS) is 12.5. The van der Waals surface area contributed by atoms with Gasteiger partial charge in [-0.2, -0.15) is 0 Å². The lowest BCUT2D eigenvalue weighted by molar-refractivity contribution is 0.0926. The monoisotopic (exact) mass is 199 g/mol. The fourth-order valence-corrected chi connectivity index (χ4v) is 1.67. The SMILES string of the molecule is Cc1ccc(C(=O)N[C@H](C)CO)s1. The van der Waals surface area contributed by atoms with Crippen LogP contribution < -0.4 is 5.32 Å². The highest BCUT2D eigenvalue weighted by atomic mass is 32.1. The first kappa shape index (κ1) is 10.2. The molecule has 0 radical (unpaired) electrons. The van der Waals surface area contributed by atoms with Gasteiger partial charge in [-0.15, -0.1) is 11.3 Å². The minimum absolute atomic E-state index is 0.0316. The summed E-state index contributed by atoms with van der Waals surface area (Å²) in [5.41, 5.74) is 0. The van der Waals surface area contributed by atoms with E-state index in [2.05, 4.69) is 5.32 Å². The second-order valence-electron chi connectivity index (χ2n) is 2.97. The third kappa shape index (κ3) is 2.82. The molecule has 0 aliphatic heterocycles. The van der Waals surface area contributed by atoms with Gasteiger partial charge in [0, 0.05) is 10.9 Å². The zero-order chi connectivity index (χ0) is 9.84. The largest absolute Gasteiger partial charge is 0.394 e. The van der Waals surface area contributed by atoms with E-state index in [4.69, 9.17) is 5.11 Å². The van der Waals surface area contributed by atoms with Gasteiger partial charge in [-0.1, -0.05) is 0 Å². The van der Waals surface area contributed by atoms with E-state index in [-0.39, 0.29) is 18.6 Å². The number of carbonyl (C=O) groups is 1. The molecule has 0 fully saturated rings. The van der Waals surface area contributed by atoms with Gasteiger partial charge < -0.3 is 10.4 Å². The average molecular weight is 199 g/mol. The Morgan fingerprint density at radius 2 is 2.38 bits per heavy atom. The molecule has 0 saturated carbocycles. The van der Waals surface area contributed by atoms with E-state index < -0.39 is 0 Å². The second kappa shape index (κ2) is 4.39. The maximum absolute atomic E-state index is 11.4. The zero-order valence-electron chi connectivity index (χ0n) is 7.70. The number of rotatable bonds is 3. The molecule has 0 bridgehead atoms. The topological polar surface area (TPSA) is 49.3 Å². The summed E-state index contributed by atoms with van der Waals surface area (Å²) in [6.45, 7) is 3.69. The number of amides is 1. The number of hydrogen-bond donors (Lipinski definition) is 2. The van der Waals surface area contributed by atoms with Crippen LogP contribution in [0.15, 0.2) is 12.1 Å². The van der Waals surface area contributed by atoms with Gasteiger partial charge in [-0.3, -0.25) is 4.79 Å². The predicted molar refractivity (Wildman–Crippen MR) is 53.1 cm³/mol. The molecule has 0 aliphatic carbocycles. The van der Waals surface area contributed by atoms with Crippen molar-refractivity contribution in [2.75, 3.05) is 6.61 Å². The van der Waals surface area contributed by atoms with Crippen molar-refractivity contribution >= 4 is 17.2 Å². The second-order valence-corrected chi connectivity index (χ2v) is 4.26. The Morgan fingerprint density at radius 3 is 2.85 bits per heavy atom. The maximum atomic E-state index is 11.4. The molecule has 1 heterocycles. The van der Waals surface area contributed by atoms with Crippen LogP contribution >= 0.6 is 11.3 Å². The third-order valence-corrected chi connectivity index (χ3v) is 2.61. The number of carbonyl (C=O) groups excluding carboxylic acids is 1. The summed E-state index contributed by atoms with van der Waals surface area (Å²) >= 11 is 1.45. The highest BCUT2D eigenvalue weighted by Gasteiger charge is 2.09. The summed E-state index contributed by atoms with van der Waals surface area (Å²) in [7, 11) is 0. The van der Waals surface area contributed by atoms with Crippen LogP contribution in [0.25, 0.3) is 0 Å². The summed E-state index contributed by atoms with van der Waals surface area (Å²) in [6, 6.07) is 3.51. The molecular weight excluding hydrogens is 186 g/mol. The van der Waals surface area contributed by atoms with E-state index in [1.807, 2.05) is 13.0 Å². The summed E-state index contributed by atoms with van der Waals surface area (Å²) in [5, 5.41) is 11.4. The van der Waals surface area contributed by atoms with E-state index in [1.54, 1.807) is 13.0 Å². The van der Waals surface area contributed by atoms with Crippen molar-refractivity contribution in [3.05, 3.63) is 21.9 Å². The van der Waals surface area contributed by atoms with Crippen LogP contribution in [0.3, 0.4) is 0 Å². The van der Waals surface area contributed by atoms with Crippen LogP contribution in [0, 0.1) is 6.92 Å². The van der Waals surface area contributed by atoms with Crippen molar-refractivity contribution in [3.8, 4) is 0 Å². The summed E-state index contributed by atoms with van der Waals surface area (Å²) in [4.78, 5) is 13.2. The third-order valence-electron chi connectivity index (χ3n) is 1.62. The van der Waals surface area contributed by atoms with Crippen molar-refractivity contribution in [1.82, 2.24) is 5.32 Å². The number of aliphatic hydroxyl groups excluding tert-OH is 1. The Hall–Kier alpha value is -0.870. The molecule has 1 aromatic rings. The molecule has 1 rings (SSSR count). The molecule has 1 atom stereocenters. The Balaban J connectivity index is 2.58. The lowest BCUT2D eigenvalue weighted by Gasteiger charge is -2.08. The Morgan fingerprint density at radius 1 is 1.69 bits per heavy atom. The molecule has 0 aromatic carbocycles. The molecule has 0 aliphatic rings. The van der Waals surface area contributed by atoms with Crippen molar-refractivity contribution in [3.63, 3.8) is 0 Å². The molecule has 0 saturated heterocycles. The standard InChI is InChI=1S/C9H13NO2S/c1-6(5-11)10-9(12)8-4-3-7(2)13-8/h3-4,6,11H,5H2,1-2H3,(H,10,12)/t6-/m1/s1. The number of hydrogen-bond acceptors (Lipinski definition) is 3. The van der Waals surface area contributed by atoms with Gasteiger partial charge in [0.15, 0.2) is 0 Å². The van der Waals surface area contributed by atoms with E-state index in [0.717, 1.165) is 4.88 Å². The lowest BCUT2D eigenvalue weighted by Crippen LogP contribution is -2.34. The minimum atomic E-state index is -0.185. The minimum Gasteiger partial charge on any atom is -0.394 e. The van der Waals surface area contributed by atoms with E-state index in [1.165, 1.54) is 11.3 Å². The van der Waals surface area contributed by atoms with Gasteiger partial charge in [0.25, 0.3) is 5.91 Å². The molecular formula is C9H13NO2S. The first-order chi connectivity index (χ1) is 6.13. The van der Waals surface area contributed by atoms with E-state index >= 15 is 0 Å².